The lowest BCUT2D eigenvalue weighted by molar-refractivity contribution is -0.137. The van der Waals surface area contributed by atoms with Crippen LogP contribution in [-0.2, 0) is 13.2 Å². The van der Waals surface area contributed by atoms with Gasteiger partial charge in [-0.05, 0) is 18.2 Å². The van der Waals surface area contributed by atoms with Crippen molar-refractivity contribution in [3.8, 4) is 0 Å². The number of hydrogen-bond donors (Lipinski definition) is 2. The number of H-pyrrole nitrogens is 1. The standard InChI is InChI=1S/C13H10F3N3O3/c1-19-10(20)6-9(18-12(19)22)11(21)17-8-4-2-3-7(5-8)13(14,15)16/h2-6H,1H3,(H,17,21)(H,18,22). The number of benzene rings is 1. The molecular formula is C13H10F3N3O3. The minimum Gasteiger partial charge on any atom is -0.321 e. The fourth-order valence-corrected chi connectivity index (χ4v) is 1.65. The van der Waals surface area contributed by atoms with Crippen molar-refractivity contribution in [2.45, 2.75) is 6.18 Å². The third-order valence-electron chi connectivity index (χ3n) is 2.84. The lowest BCUT2D eigenvalue weighted by Gasteiger charge is -2.09. The van der Waals surface area contributed by atoms with Crippen LogP contribution in [0.4, 0.5) is 18.9 Å². The molecule has 2 aromatic rings. The minimum atomic E-state index is -4.54. The predicted molar refractivity (Wildman–Crippen MR) is 71.7 cm³/mol. The Kier molecular flexibility index (Phi) is 3.89. The van der Waals surface area contributed by atoms with Crippen molar-refractivity contribution in [2.24, 2.45) is 7.05 Å². The first-order valence-electron chi connectivity index (χ1n) is 5.97. The van der Waals surface area contributed by atoms with E-state index in [1.807, 2.05) is 0 Å². The Morgan fingerprint density at radius 2 is 1.91 bits per heavy atom. The van der Waals surface area contributed by atoms with Crippen LogP contribution < -0.4 is 16.6 Å². The van der Waals surface area contributed by atoms with Crippen LogP contribution in [0.2, 0.25) is 0 Å². The van der Waals surface area contributed by atoms with E-state index in [0.717, 1.165) is 28.8 Å². The quantitative estimate of drug-likeness (QED) is 0.877. The maximum Gasteiger partial charge on any atom is 0.416 e. The van der Waals surface area contributed by atoms with E-state index >= 15 is 0 Å². The van der Waals surface area contributed by atoms with E-state index in [-0.39, 0.29) is 11.4 Å². The number of anilines is 1. The van der Waals surface area contributed by atoms with Crippen molar-refractivity contribution in [3.63, 3.8) is 0 Å². The lowest BCUT2D eigenvalue weighted by atomic mass is 10.2. The molecule has 0 aliphatic rings. The number of carbonyl (C=O) groups excluding carboxylic acids is 1. The highest BCUT2D eigenvalue weighted by molar-refractivity contribution is 6.02. The Balaban J connectivity index is 2.30. The number of rotatable bonds is 2. The molecule has 0 saturated carbocycles. The number of nitrogens with zero attached hydrogens (tertiary/aromatic N) is 1. The first-order valence-corrected chi connectivity index (χ1v) is 5.97. The number of aromatic amines is 1. The molecule has 6 nitrogen and oxygen atoms in total. The largest absolute Gasteiger partial charge is 0.416 e. The van der Waals surface area contributed by atoms with Crippen molar-refractivity contribution in [2.75, 3.05) is 5.32 Å². The molecule has 1 aromatic heterocycles. The van der Waals surface area contributed by atoms with Crippen LogP contribution in [-0.4, -0.2) is 15.5 Å². The smallest absolute Gasteiger partial charge is 0.321 e. The molecule has 22 heavy (non-hydrogen) atoms. The average molecular weight is 313 g/mol. The van der Waals surface area contributed by atoms with Gasteiger partial charge in [-0.2, -0.15) is 13.2 Å². The fourth-order valence-electron chi connectivity index (χ4n) is 1.65. The number of halogens is 3. The second-order valence-corrected chi connectivity index (χ2v) is 4.42. The first kappa shape index (κ1) is 15.5. The average Bonchev–Trinajstić information content (AvgIpc) is 2.43. The maximum atomic E-state index is 12.6. The number of nitrogens with one attached hydrogen (secondary N) is 2. The molecule has 116 valence electrons. The SMILES string of the molecule is Cn1c(=O)cc(C(=O)Nc2cccc(C(F)(F)F)c2)[nH]c1=O. The second-order valence-electron chi connectivity index (χ2n) is 4.42. The Morgan fingerprint density at radius 1 is 1.23 bits per heavy atom. The molecule has 9 heteroatoms. The van der Waals surface area contributed by atoms with Gasteiger partial charge in [0.05, 0.1) is 5.56 Å². The Bertz CT molecular complexity index is 805. The van der Waals surface area contributed by atoms with Gasteiger partial charge in [0.15, 0.2) is 0 Å². The minimum absolute atomic E-state index is 0.110. The Hall–Kier alpha value is -2.84. The molecule has 2 N–H and O–H groups in total. The molecule has 0 aliphatic heterocycles. The number of amides is 1. The summed E-state index contributed by atoms with van der Waals surface area (Å²) in [4.78, 5) is 36.8. The van der Waals surface area contributed by atoms with Crippen molar-refractivity contribution in [1.82, 2.24) is 9.55 Å². The fraction of sp³-hybridized carbons (Fsp3) is 0.154. The molecule has 0 atom stereocenters. The molecular weight excluding hydrogens is 303 g/mol. The molecule has 0 radical (unpaired) electrons. The number of hydrogen-bond acceptors (Lipinski definition) is 3. The summed E-state index contributed by atoms with van der Waals surface area (Å²) in [6.45, 7) is 0. The van der Waals surface area contributed by atoms with Gasteiger partial charge in [0.1, 0.15) is 5.69 Å². The molecule has 0 saturated heterocycles. The van der Waals surface area contributed by atoms with Crippen LogP contribution in [0.5, 0.6) is 0 Å². The number of alkyl halides is 3. The predicted octanol–water partition coefficient (Wildman–Crippen LogP) is 1.34. The number of aromatic nitrogens is 2. The number of carbonyl (C=O) groups is 1. The lowest BCUT2D eigenvalue weighted by Crippen LogP contribution is -2.34. The monoisotopic (exact) mass is 313 g/mol. The molecule has 1 aromatic carbocycles. The summed E-state index contributed by atoms with van der Waals surface area (Å²) < 4.78 is 38.5. The molecule has 0 aliphatic carbocycles. The third-order valence-corrected chi connectivity index (χ3v) is 2.84. The van der Waals surface area contributed by atoms with Gasteiger partial charge in [-0.15, -0.1) is 0 Å². The van der Waals surface area contributed by atoms with Crippen LogP contribution in [0.3, 0.4) is 0 Å². The van der Waals surface area contributed by atoms with E-state index in [4.69, 9.17) is 0 Å². The molecule has 1 amide bonds. The van der Waals surface area contributed by atoms with E-state index in [9.17, 15) is 27.6 Å². The highest BCUT2D eigenvalue weighted by Gasteiger charge is 2.30. The summed E-state index contributed by atoms with van der Waals surface area (Å²) in [5, 5.41) is 2.19. The van der Waals surface area contributed by atoms with Gasteiger partial charge in [0.25, 0.3) is 11.5 Å². The normalized spacial score (nSPS) is 11.3. The van der Waals surface area contributed by atoms with Gasteiger partial charge in [0, 0.05) is 18.8 Å². The molecule has 0 bridgehead atoms. The van der Waals surface area contributed by atoms with E-state index in [1.165, 1.54) is 13.1 Å². The van der Waals surface area contributed by atoms with Gasteiger partial charge < -0.3 is 10.3 Å². The van der Waals surface area contributed by atoms with Gasteiger partial charge in [-0.25, -0.2) is 4.79 Å². The van der Waals surface area contributed by atoms with Crippen LogP contribution in [0.15, 0.2) is 39.9 Å². The Morgan fingerprint density at radius 3 is 2.50 bits per heavy atom. The second kappa shape index (κ2) is 5.51. The summed E-state index contributed by atoms with van der Waals surface area (Å²) in [7, 11) is 1.22. The molecule has 1 heterocycles. The first-order chi connectivity index (χ1) is 10.2. The highest BCUT2D eigenvalue weighted by atomic mass is 19.4. The van der Waals surface area contributed by atoms with Gasteiger partial charge >= 0.3 is 11.9 Å². The molecule has 0 spiro atoms. The van der Waals surface area contributed by atoms with E-state index < -0.39 is 28.9 Å². The maximum absolute atomic E-state index is 12.6. The Labute approximate surface area is 121 Å². The summed E-state index contributed by atoms with van der Waals surface area (Å²) in [6.07, 6.45) is -4.54. The zero-order chi connectivity index (χ0) is 16.5. The van der Waals surface area contributed by atoms with Crippen molar-refractivity contribution in [1.29, 1.82) is 0 Å². The topological polar surface area (TPSA) is 84.0 Å². The highest BCUT2D eigenvalue weighted by Crippen LogP contribution is 2.30. The molecule has 0 fully saturated rings. The van der Waals surface area contributed by atoms with Crippen LogP contribution in [0.1, 0.15) is 16.1 Å². The summed E-state index contributed by atoms with van der Waals surface area (Å²) >= 11 is 0. The van der Waals surface area contributed by atoms with Crippen LogP contribution in [0.25, 0.3) is 0 Å². The van der Waals surface area contributed by atoms with Crippen molar-refractivity contribution in [3.05, 3.63) is 62.4 Å². The third kappa shape index (κ3) is 3.25. The van der Waals surface area contributed by atoms with Gasteiger partial charge in [-0.1, -0.05) is 6.07 Å². The van der Waals surface area contributed by atoms with Crippen LogP contribution >= 0.6 is 0 Å². The van der Waals surface area contributed by atoms with Crippen molar-refractivity contribution >= 4 is 11.6 Å². The zero-order valence-corrected chi connectivity index (χ0v) is 11.2. The van der Waals surface area contributed by atoms with Gasteiger partial charge in [0.2, 0.25) is 0 Å². The van der Waals surface area contributed by atoms with Gasteiger partial charge in [-0.3, -0.25) is 14.2 Å². The van der Waals surface area contributed by atoms with E-state index in [1.54, 1.807) is 0 Å². The molecule has 2 rings (SSSR count). The van der Waals surface area contributed by atoms with E-state index in [2.05, 4.69) is 10.3 Å². The molecule has 0 unspecified atom stereocenters. The zero-order valence-electron chi connectivity index (χ0n) is 11.2. The van der Waals surface area contributed by atoms with Crippen LogP contribution in [0, 0.1) is 0 Å². The van der Waals surface area contributed by atoms with Crippen molar-refractivity contribution < 1.29 is 18.0 Å². The summed E-state index contributed by atoms with van der Waals surface area (Å²) in [6, 6.07) is 4.87. The summed E-state index contributed by atoms with van der Waals surface area (Å²) in [5.41, 5.74) is -2.89. The van der Waals surface area contributed by atoms with E-state index in [0.29, 0.717) is 0 Å². The summed E-state index contributed by atoms with van der Waals surface area (Å²) in [5.74, 6) is -0.894.